The van der Waals surface area contributed by atoms with Gasteiger partial charge in [-0.25, -0.2) is 0 Å². The SMILES string of the molecule is NC(CO)(CCc1ccc2oc3cc(-c4cccc(C(F)(F)F)c4)ccc3c(=O)c2c1)COP(=O)([O-])[O-]. The molecule has 0 aliphatic carbocycles. The Bertz CT molecular complexity index is 1560. The fourth-order valence-corrected chi connectivity index (χ4v) is 4.32. The zero-order chi connectivity index (χ0) is 27.0. The molecule has 0 saturated heterocycles. The Kier molecular flexibility index (Phi) is 7.31. The van der Waals surface area contributed by atoms with Gasteiger partial charge in [0.15, 0.2) is 0 Å². The molecule has 1 atom stereocenters. The lowest BCUT2D eigenvalue weighted by molar-refractivity contribution is -0.342. The molecule has 0 aliphatic heterocycles. The second-order valence-corrected chi connectivity index (χ2v) is 9.94. The van der Waals surface area contributed by atoms with Crippen molar-refractivity contribution in [1.29, 1.82) is 0 Å². The molecule has 1 aromatic heterocycles. The molecule has 0 aliphatic rings. The molecule has 3 N–H and O–H groups in total. The van der Waals surface area contributed by atoms with Crippen molar-refractivity contribution in [2.24, 2.45) is 5.73 Å². The van der Waals surface area contributed by atoms with Crippen molar-refractivity contribution in [2.45, 2.75) is 24.6 Å². The summed E-state index contributed by atoms with van der Waals surface area (Å²) in [5.74, 6) is 0. The first kappa shape index (κ1) is 27.0. The van der Waals surface area contributed by atoms with Gasteiger partial charge in [-0.3, -0.25) is 4.79 Å². The van der Waals surface area contributed by atoms with Crippen molar-refractivity contribution >= 4 is 29.8 Å². The zero-order valence-electron chi connectivity index (χ0n) is 19.2. The van der Waals surface area contributed by atoms with E-state index in [2.05, 4.69) is 4.52 Å². The van der Waals surface area contributed by atoms with Crippen molar-refractivity contribution in [3.05, 3.63) is 82.0 Å². The van der Waals surface area contributed by atoms with Crippen molar-refractivity contribution in [1.82, 2.24) is 0 Å². The molecule has 196 valence electrons. The monoisotopic (exact) mass is 535 g/mol. The van der Waals surface area contributed by atoms with Crippen LogP contribution in [0.2, 0.25) is 0 Å². The minimum Gasteiger partial charge on any atom is -0.790 e. The molecule has 0 bridgehead atoms. The highest BCUT2D eigenvalue weighted by molar-refractivity contribution is 7.43. The van der Waals surface area contributed by atoms with E-state index in [0.29, 0.717) is 16.7 Å². The van der Waals surface area contributed by atoms with Crippen LogP contribution in [0, 0.1) is 0 Å². The van der Waals surface area contributed by atoms with Crippen molar-refractivity contribution < 1.29 is 41.6 Å². The van der Waals surface area contributed by atoms with Crippen LogP contribution >= 0.6 is 7.82 Å². The number of nitrogens with two attached hydrogens (primary N) is 1. The summed E-state index contributed by atoms with van der Waals surface area (Å²) in [7, 11) is -5.26. The van der Waals surface area contributed by atoms with Crippen LogP contribution in [0.5, 0.6) is 0 Å². The molecule has 37 heavy (non-hydrogen) atoms. The zero-order valence-corrected chi connectivity index (χ0v) is 20.1. The third-order valence-electron chi connectivity index (χ3n) is 5.99. The maximum absolute atomic E-state index is 13.1. The Labute approximate surface area is 208 Å². The molecule has 8 nitrogen and oxygen atoms in total. The van der Waals surface area contributed by atoms with E-state index in [-0.39, 0.29) is 40.2 Å². The fraction of sp³-hybridized carbons (Fsp3) is 0.240. The van der Waals surface area contributed by atoms with Crippen LogP contribution in [-0.2, 0) is 21.7 Å². The largest absolute Gasteiger partial charge is 0.790 e. The van der Waals surface area contributed by atoms with Crippen LogP contribution in [0.15, 0.2) is 69.9 Å². The molecule has 4 aromatic rings. The molecule has 0 amide bonds. The van der Waals surface area contributed by atoms with Crippen LogP contribution in [0.4, 0.5) is 13.2 Å². The Balaban J connectivity index is 1.64. The summed E-state index contributed by atoms with van der Waals surface area (Å²) >= 11 is 0. The molecule has 0 saturated carbocycles. The fourth-order valence-electron chi connectivity index (χ4n) is 3.91. The lowest BCUT2D eigenvalue weighted by Gasteiger charge is -2.34. The molecular formula is C25H21F3NO7P-2. The van der Waals surface area contributed by atoms with Gasteiger partial charge in [-0.05, 0) is 65.9 Å². The van der Waals surface area contributed by atoms with Gasteiger partial charge in [0, 0.05) is 0 Å². The molecule has 4 rings (SSSR count). The van der Waals surface area contributed by atoms with Gasteiger partial charge >= 0.3 is 6.18 Å². The van der Waals surface area contributed by atoms with E-state index >= 15 is 0 Å². The number of alkyl halides is 3. The molecule has 0 spiro atoms. The van der Waals surface area contributed by atoms with E-state index in [1.807, 2.05) is 0 Å². The average Bonchev–Trinajstić information content (AvgIpc) is 2.85. The topological polar surface area (TPSA) is 149 Å². The van der Waals surface area contributed by atoms with Crippen LogP contribution < -0.4 is 20.9 Å². The second-order valence-electron chi connectivity index (χ2n) is 8.79. The Morgan fingerprint density at radius 1 is 0.973 bits per heavy atom. The van der Waals surface area contributed by atoms with E-state index in [9.17, 15) is 37.4 Å². The van der Waals surface area contributed by atoms with E-state index in [0.717, 1.165) is 12.1 Å². The van der Waals surface area contributed by atoms with Gasteiger partial charge in [0.25, 0.3) is 0 Å². The first-order chi connectivity index (χ1) is 17.3. The Morgan fingerprint density at radius 3 is 2.38 bits per heavy atom. The van der Waals surface area contributed by atoms with Gasteiger partial charge in [-0.2, -0.15) is 13.2 Å². The number of hydrogen-bond acceptors (Lipinski definition) is 8. The first-order valence-electron chi connectivity index (χ1n) is 11.0. The molecule has 0 fully saturated rings. The first-order valence-corrected chi connectivity index (χ1v) is 12.5. The molecule has 3 aromatic carbocycles. The lowest BCUT2D eigenvalue weighted by atomic mass is 9.93. The van der Waals surface area contributed by atoms with Crippen molar-refractivity contribution in [2.75, 3.05) is 13.2 Å². The summed E-state index contributed by atoms with van der Waals surface area (Å²) in [5.41, 5.74) is 5.18. The van der Waals surface area contributed by atoms with E-state index in [1.54, 1.807) is 24.3 Å². The quantitative estimate of drug-likeness (QED) is 0.258. The van der Waals surface area contributed by atoms with Gasteiger partial charge in [-0.15, -0.1) is 0 Å². The maximum Gasteiger partial charge on any atom is 0.416 e. The number of rotatable bonds is 8. The van der Waals surface area contributed by atoms with E-state index in [1.165, 1.54) is 24.3 Å². The summed E-state index contributed by atoms with van der Waals surface area (Å²) < 4.78 is 60.1. The summed E-state index contributed by atoms with van der Waals surface area (Å²) in [6.07, 6.45) is -4.21. The van der Waals surface area contributed by atoms with E-state index in [4.69, 9.17) is 10.2 Å². The predicted octanol–water partition coefficient (Wildman–Crippen LogP) is 3.10. The van der Waals surface area contributed by atoms with Gasteiger partial charge in [0.2, 0.25) is 5.43 Å². The molecule has 1 unspecified atom stereocenters. The van der Waals surface area contributed by atoms with Gasteiger partial charge < -0.3 is 34.1 Å². The predicted molar refractivity (Wildman–Crippen MR) is 126 cm³/mol. The number of aliphatic hydroxyl groups is 1. The van der Waals surface area contributed by atoms with Crippen molar-refractivity contribution in [3.8, 4) is 11.1 Å². The summed E-state index contributed by atoms with van der Waals surface area (Å²) in [4.78, 5) is 34.6. The minimum absolute atomic E-state index is 0.0499. The summed E-state index contributed by atoms with van der Waals surface area (Å²) in [5, 5.41) is 10.0. The highest BCUT2D eigenvalue weighted by Gasteiger charge is 2.30. The number of fused-ring (bicyclic) bond motifs is 2. The normalized spacial score (nSPS) is 14.2. The molecule has 0 radical (unpaired) electrons. The standard InChI is InChI=1S/C25H23F3NO7P/c26-25(27,28)18-3-1-2-16(11-18)17-5-6-19-22(12-17)36-21-7-4-15(10-20(21)23(19)31)8-9-24(29,13-30)14-35-37(32,33)34/h1-7,10-12,30H,8-9,13-14,29H2,(H2,32,33,34)/p-2. The average molecular weight is 535 g/mol. The smallest absolute Gasteiger partial charge is 0.416 e. The third-order valence-corrected chi connectivity index (χ3v) is 6.44. The maximum atomic E-state index is 13.1. The minimum atomic E-state index is -5.26. The number of halogens is 3. The number of phosphoric acid groups is 1. The number of hydrogen-bond donors (Lipinski definition) is 2. The van der Waals surface area contributed by atoms with Gasteiger partial charge in [-0.1, -0.05) is 24.3 Å². The number of benzene rings is 3. The molecule has 12 heteroatoms. The second kappa shape index (κ2) is 10.0. The van der Waals surface area contributed by atoms with Gasteiger partial charge in [0.05, 0.1) is 42.9 Å². The molecule has 1 heterocycles. The highest BCUT2D eigenvalue weighted by atomic mass is 31.2. The number of aliphatic hydroxyl groups excluding tert-OH is 1. The third kappa shape index (κ3) is 6.27. The van der Waals surface area contributed by atoms with E-state index < -0.39 is 38.3 Å². The van der Waals surface area contributed by atoms with Crippen LogP contribution in [-0.4, -0.2) is 23.9 Å². The summed E-state index contributed by atoms with van der Waals surface area (Å²) in [6.45, 7) is -1.33. The number of aryl methyl sites for hydroxylation is 1. The number of phosphoric ester groups is 1. The van der Waals surface area contributed by atoms with Crippen LogP contribution in [0.3, 0.4) is 0 Å². The highest BCUT2D eigenvalue weighted by Crippen LogP contribution is 2.33. The Morgan fingerprint density at radius 2 is 1.70 bits per heavy atom. The van der Waals surface area contributed by atoms with Gasteiger partial charge in [0.1, 0.15) is 11.2 Å². The molecular weight excluding hydrogens is 514 g/mol. The lowest BCUT2D eigenvalue weighted by Crippen LogP contribution is -2.49. The van der Waals surface area contributed by atoms with Crippen LogP contribution in [0.25, 0.3) is 33.1 Å². The summed E-state index contributed by atoms with van der Waals surface area (Å²) in [6, 6.07) is 14.2. The van der Waals surface area contributed by atoms with Crippen LogP contribution in [0.1, 0.15) is 17.5 Å². The van der Waals surface area contributed by atoms with Crippen molar-refractivity contribution in [3.63, 3.8) is 0 Å². The Hall–Kier alpha value is -3.05.